The Morgan fingerprint density at radius 2 is 2.38 bits per heavy atom. The normalized spacial score (nSPS) is 11.5. The summed E-state index contributed by atoms with van der Waals surface area (Å²) in [6.07, 6.45) is 1.10. The largest absolute Gasteiger partial charge is 0.478 e. The van der Waals surface area contributed by atoms with Crippen LogP contribution < -0.4 is 5.73 Å². The van der Waals surface area contributed by atoms with E-state index in [-0.39, 0.29) is 0 Å². The lowest BCUT2D eigenvalue weighted by Gasteiger charge is -1.88. The number of rotatable bonds is 2. The fraction of sp³-hybridized carbons (Fsp3) is 0.400. The molecule has 3 N–H and O–H groups in total. The SMILES string of the molecule is C/C(=C\C(=O)O)CN. The van der Waals surface area contributed by atoms with Crippen molar-refractivity contribution >= 4 is 5.97 Å². The molecule has 0 aliphatic rings. The molecule has 0 saturated carbocycles. The minimum absolute atomic E-state index is 0.312. The highest BCUT2D eigenvalue weighted by Crippen LogP contribution is 1.85. The molecule has 0 aromatic carbocycles. The molecule has 0 aliphatic heterocycles. The van der Waals surface area contributed by atoms with Gasteiger partial charge >= 0.3 is 5.97 Å². The molecule has 0 rings (SSSR count). The van der Waals surface area contributed by atoms with Crippen LogP contribution in [0.15, 0.2) is 11.6 Å². The predicted octanol–water partition coefficient (Wildman–Crippen LogP) is -0.0240. The number of hydrogen-bond donors (Lipinski definition) is 2. The van der Waals surface area contributed by atoms with Crippen LogP contribution in [0.5, 0.6) is 0 Å². The number of aliphatic carboxylic acids is 1. The van der Waals surface area contributed by atoms with E-state index in [2.05, 4.69) is 0 Å². The predicted molar refractivity (Wildman–Crippen MR) is 30.4 cm³/mol. The topological polar surface area (TPSA) is 63.3 Å². The summed E-state index contributed by atoms with van der Waals surface area (Å²) in [5.74, 6) is -0.937. The van der Waals surface area contributed by atoms with E-state index in [1.54, 1.807) is 6.92 Å². The van der Waals surface area contributed by atoms with Gasteiger partial charge in [-0.25, -0.2) is 4.79 Å². The standard InChI is InChI=1S/C5H9NO2/c1-4(3-6)2-5(7)8/h2H,3,6H2,1H3,(H,7,8)/b4-2+. The molecular weight excluding hydrogens is 106 g/mol. The van der Waals surface area contributed by atoms with Crippen LogP contribution in [-0.2, 0) is 4.79 Å². The van der Waals surface area contributed by atoms with Crippen LogP contribution in [0.3, 0.4) is 0 Å². The van der Waals surface area contributed by atoms with E-state index in [4.69, 9.17) is 10.8 Å². The number of carboxylic acids is 1. The van der Waals surface area contributed by atoms with Gasteiger partial charge in [0.15, 0.2) is 0 Å². The zero-order valence-electron chi connectivity index (χ0n) is 4.72. The van der Waals surface area contributed by atoms with Crippen molar-refractivity contribution in [3.05, 3.63) is 11.6 Å². The average molecular weight is 115 g/mol. The highest BCUT2D eigenvalue weighted by Gasteiger charge is 1.88. The van der Waals surface area contributed by atoms with Gasteiger partial charge in [-0.15, -0.1) is 0 Å². The Morgan fingerprint density at radius 1 is 1.88 bits per heavy atom. The molecule has 0 spiro atoms. The Balaban J connectivity index is 3.75. The molecule has 46 valence electrons. The number of carbonyl (C=O) groups is 1. The van der Waals surface area contributed by atoms with Gasteiger partial charge in [0.05, 0.1) is 0 Å². The zero-order chi connectivity index (χ0) is 6.57. The fourth-order valence-electron chi connectivity index (χ4n) is 0.270. The maximum atomic E-state index is 9.84. The van der Waals surface area contributed by atoms with Crippen molar-refractivity contribution < 1.29 is 9.90 Å². The summed E-state index contributed by atoms with van der Waals surface area (Å²) in [5.41, 5.74) is 5.77. The molecule has 0 amide bonds. The molecule has 0 radical (unpaired) electrons. The van der Waals surface area contributed by atoms with Gasteiger partial charge in [-0.05, 0) is 6.92 Å². The second-order valence-corrected chi connectivity index (χ2v) is 1.53. The maximum Gasteiger partial charge on any atom is 0.328 e. The third kappa shape index (κ3) is 3.36. The van der Waals surface area contributed by atoms with Crippen molar-refractivity contribution in [2.75, 3.05) is 6.54 Å². The summed E-state index contributed by atoms with van der Waals surface area (Å²) in [7, 11) is 0. The Kier molecular flexibility index (Phi) is 2.88. The van der Waals surface area contributed by atoms with Crippen LogP contribution in [-0.4, -0.2) is 17.6 Å². The number of nitrogens with two attached hydrogens (primary N) is 1. The van der Waals surface area contributed by atoms with E-state index in [9.17, 15) is 4.79 Å². The lowest BCUT2D eigenvalue weighted by molar-refractivity contribution is -0.131. The Morgan fingerprint density at radius 3 is 2.50 bits per heavy atom. The van der Waals surface area contributed by atoms with E-state index >= 15 is 0 Å². The molecule has 0 aliphatic carbocycles. The van der Waals surface area contributed by atoms with Crippen LogP contribution in [0, 0.1) is 0 Å². The van der Waals surface area contributed by atoms with Crippen LogP contribution in [0.1, 0.15) is 6.92 Å². The first-order valence-corrected chi connectivity index (χ1v) is 2.27. The van der Waals surface area contributed by atoms with Crippen molar-refractivity contribution in [2.45, 2.75) is 6.92 Å². The van der Waals surface area contributed by atoms with E-state index < -0.39 is 5.97 Å². The maximum absolute atomic E-state index is 9.84. The summed E-state index contributed by atoms with van der Waals surface area (Å²) in [6, 6.07) is 0. The van der Waals surface area contributed by atoms with Gasteiger partial charge in [-0.3, -0.25) is 0 Å². The minimum Gasteiger partial charge on any atom is -0.478 e. The van der Waals surface area contributed by atoms with Crippen LogP contribution in [0.4, 0.5) is 0 Å². The lowest BCUT2D eigenvalue weighted by atomic mass is 10.3. The molecule has 8 heavy (non-hydrogen) atoms. The van der Waals surface area contributed by atoms with Gasteiger partial charge in [0.2, 0.25) is 0 Å². The fourth-order valence-corrected chi connectivity index (χ4v) is 0.270. The monoisotopic (exact) mass is 115 g/mol. The molecule has 0 aromatic rings. The third-order valence-corrected chi connectivity index (χ3v) is 0.692. The van der Waals surface area contributed by atoms with Gasteiger partial charge in [-0.2, -0.15) is 0 Å². The molecule has 0 unspecified atom stereocenters. The summed E-state index contributed by atoms with van der Waals surface area (Å²) >= 11 is 0. The Hall–Kier alpha value is -0.830. The smallest absolute Gasteiger partial charge is 0.328 e. The molecule has 0 atom stereocenters. The average Bonchev–Trinajstić information content (AvgIpc) is 1.65. The van der Waals surface area contributed by atoms with Crippen LogP contribution >= 0.6 is 0 Å². The number of hydrogen-bond acceptors (Lipinski definition) is 2. The van der Waals surface area contributed by atoms with Gasteiger partial charge < -0.3 is 10.8 Å². The molecule has 3 heteroatoms. The number of carboxylic acid groups (broad SMARTS) is 1. The first-order chi connectivity index (χ1) is 3.66. The van der Waals surface area contributed by atoms with Crippen LogP contribution in [0.25, 0.3) is 0 Å². The summed E-state index contributed by atoms with van der Waals surface area (Å²) in [6.45, 7) is 1.99. The van der Waals surface area contributed by atoms with Crippen molar-refractivity contribution in [3.8, 4) is 0 Å². The molecule has 0 aromatic heterocycles. The molecule has 0 saturated heterocycles. The van der Waals surface area contributed by atoms with E-state index in [1.807, 2.05) is 0 Å². The van der Waals surface area contributed by atoms with E-state index in [0.717, 1.165) is 6.08 Å². The van der Waals surface area contributed by atoms with Gasteiger partial charge in [0.25, 0.3) is 0 Å². The highest BCUT2D eigenvalue weighted by molar-refractivity contribution is 5.80. The van der Waals surface area contributed by atoms with Gasteiger partial charge in [0.1, 0.15) is 0 Å². The van der Waals surface area contributed by atoms with Crippen molar-refractivity contribution in [3.63, 3.8) is 0 Å². The molecular formula is C5H9NO2. The first kappa shape index (κ1) is 7.17. The van der Waals surface area contributed by atoms with Crippen molar-refractivity contribution in [1.29, 1.82) is 0 Å². The third-order valence-electron chi connectivity index (χ3n) is 0.692. The second-order valence-electron chi connectivity index (χ2n) is 1.53. The Labute approximate surface area is 47.8 Å². The minimum atomic E-state index is -0.937. The van der Waals surface area contributed by atoms with E-state index in [1.165, 1.54) is 0 Å². The first-order valence-electron chi connectivity index (χ1n) is 2.27. The lowest BCUT2D eigenvalue weighted by Crippen LogP contribution is -2.02. The quantitative estimate of drug-likeness (QED) is 0.497. The molecule has 0 bridgehead atoms. The van der Waals surface area contributed by atoms with Gasteiger partial charge in [0, 0.05) is 12.6 Å². The second kappa shape index (κ2) is 3.21. The highest BCUT2D eigenvalue weighted by atomic mass is 16.4. The summed E-state index contributed by atoms with van der Waals surface area (Å²) in [5, 5.41) is 8.08. The summed E-state index contributed by atoms with van der Waals surface area (Å²) < 4.78 is 0. The Bertz CT molecular complexity index is 118. The van der Waals surface area contributed by atoms with Crippen molar-refractivity contribution in [1.82, 2.24) is 0 Å². The molecule has 3 nitrogen and oxygen atoms in total. The van der Waals surface area contributed by atoms with Crippen molar-refractivity contribution in [2.24, 2.45) is 5.73 Å². The van der Waals surface area contributed by atoms with E-state index in [0.29, 0.717) is 12.1 Å². The van der Waals surface area contributed by atoms with Gasteiger partial charge in [-0.1, -0.05) is 5.57 Å². The zero-order valence-corrected chi connectivity index (χ0v) is 4.72. The summed E-state index contributed by atoms with van der Waals surface area (Å²) in [4.78, 5) is 9.84. The van der Waals surface area contributed by atoms with Crippen LogP contribution in [0.2, 0.25) is 0 Å². The molecule has 0 fully saturated rings. The molecule has 0 heterocycles.